The Hall–Kier alpha value is -1.39. The van der Waals surface area contributed by atoms with Crippen LogP contribution in [0.5, 0.6) is 0 Å². The molecule has 0 bridgehead atoms. The van der Waals surface area contributed by atoms with Gasteiger partial charge < -0.3 is 5.11 Å². The summed E-state index contributed by atoms with van der Waals surface area (Å²) in [7, 11) is 0. The van der Waals surface area contributed by atoms with Crippen LogP contribution in [0.2, 0.25) is 5.02 Å². The third-order valence-electron chi connectivity index (χ3n) is 2.47. The number of aliphatic hydroxyl groups excluding tert-OH is 1. The average molecular weight is 252 g/mol. The first-order chi connectivity index (χ1) is 8.29. The Bertz CT molecular complexity index is 484. The van der Waals surface area contributed by atoms with E-state index in [0.29, 0.717) is 13.0 Å². The van der Waals surface area contributed by atoms with Crippen LogP contribution in [0.15, 0.2) is 30.5 Å². The molecule has 1 aromatic heterocycles. The Balaban J connectivity index is 2.04. The van der Waals surface area contributed by atoms with Gasteiger partial charge in [-0.2, -0.15) is 0 Å². The van der Waals surface area contributed by atoms with E-state index in [0.717, 1.165) is 22.7 Å². The third-order valence-corrected chi connectivity index (χ3v) is 2.84. The highest BCUT2D eigenvalue weighted by Gasteiger charge is 2.03. The van der Waals surface area contributed by atoms with Gasteiger partial charge in [-0.15, -0.1) is 5.10 Å². The van der Waals surface area contributed by atoms with E-state index in [9.17, 15) is 0 Å². The van der Waals surface area contributed by atoms with Gasteiger partial charge in [0.1, 0.15) is 0 Å². The maximum atomic E-state index is 8.73. The van der Waals surface area contributed by atoms with Crippen LogP contribution in [0.3, 0.4) is 0 Å². The second-order valence-electron chi connectivity index (χ2n) is 3.83. The minimum absolute atomic E-state index is 0.178. The van der Waals surface area contributed by atoms with Crippen molar-refractivity contribution in [2.45, 2.75) is 19.4 Å². The molecule has 0 aliphatic rings. The minimum atomic E-state index is 0.178. The maximum Gasteiger partial charge on any atom is 0.0828 e. The van der Waals surface area contributed by atoms with Gasteiger partial charge in [-0.1, -0.05) is 35.0 Å². The second kappa shape index (κ2) is 5.80. The Kier molecular flexibility index (Phi) is 4.12. The summed E-state index contributed by atoms with van der Waals surface area (Å²) in [5, 5.41) is 17.5. The van der Waals surface area contributed by atoms with Crippen molar-refractivity contribution in [2.24, 2.45) is 0 Å². The topological polar surface area (TPSA) is 50.9 Å². The van der Waals surface area contributed by atoms with Crippen molar-refractivity contribution in [3.8, 4) is 0 Å². The summed E-state index contributed by atoms with van der Waals surface area (Å²) < 4.78 is 1.76. The fraction of sp³-hybridized carbons (Fsp3) is 0.333. The molecule has 1 heterocycles. The molecule has 0 saturated heterocycles. The van der Waals surface area contributed by atoms with Crippen molar-refractivity contribution >= 4 is 11.6 Å². The molecular weight excluding hydrogens is 238 g/mol. The lowest BCUT2D eigenvalue weighted by molar-refractivity contribution is 0.288. The zero-order chi connectivity index (χ0) is 12.1. The van der Waals surface area contributed by atoms with Crippen molar-refractivity contribution in [3.05, 3.63) is 46.7 Å². The normalized spacial score (nSPS) is 10.7. The fourth-order valence-corrected chi connectivity index (χ4v) is 1.79. The van der Waals surface area contributed by atoms with E-state index in [4.69, 9.17) is 16.7 Å². The highest BCUT2D eigenvalue weighted by molar-refractivity contribution is 6.31. The summed E-state index contributed by atoms with van der Waals surface area (Å²) in [4.78, 5) is 0. The van der Waals surface area contributed by atoms with Gasteiger partial charge in [-0.3, -0.25) is 0 Å². The molecule has 0 fully saturated rings. The molecular formula is C12H14ClN3O. The van der Waals surface area contributed by atoms with Gasteiger partial charge in [0, 0.05) is 17.8 Å². The number of hydrogen-bond donors (Lipinski definition) is 1. The van der Waals surface area contributed by atoms with Gasteiger partial charge in [0.2, 0.25) is 0 Å². The Morgan fingerprint density at radius 2 is 2.12 bits per heavy atom. The Morgan fingerprint density at radius 1 is 1.29 bits per heavy atom. The fourth-order valence-electron chi connectivity index (χ4n) is 1.59. The highest BCUT2D eigenvalue weighted by atomic mass is 35.5. The molecule has 0 aliphatic heterocycles. The van der Waals surface area contributed by atoms with Gasteiger partial charge >= 0.3 is 0 Å². The van der Waals surface area contributed by atoms with E-state index in [1.165, 1.54) is 0 Å². The molecule has 1 aromatic carbocycles. The highest BCUT2D eigenvalue weighted by Crippen LogP contribution is 2.15. The SMILES string of the molecule is OCCCc1cn(Cc2ccccc2Cl)nn1. The molecule has 1 N–H and O–H groups in total. The Morgan fingerprint density at radius 3 is 2.88 bits per heavy atom. The van der Waals surface area contributed by atoms with Gasteiger partial charge in [0.25, 0.3) is 0 Å². The number of hydrogen-bond acceptors (Lipinski definition) is 3. The molecule has 0 radical (unpaired) electrons. The van der Waals surface area contributed by atoms with Crippen molar-refractivity contribution in [3.63, 3.8) is 0 Å². The molecule has 17 heavy (non-hydrogen) atoms. The van der Waals surface area contributed by atoms with Crippen LogP contribution < -0.4 is 0 Å². The monoisotopic (exact) mass is 251 g/mol. The molecule has 0 amide bonds. The molecule has 5 heteroatoms. The summed E-state index contributed by atoms with van der Waals surface area (Å²) in [6, 6.07) is 7.68. The number of aliphatic hydroxyl groups is 1. The molecule has 0 atom stereocenters. The molecule has 0 spiro atoms. The predicted molar refractivity (Wildman–Crippen MR) is 66.0 cm³/mol. The van der Waals surface area contributed by atoms with Crippen LogP contribution in [0.1, 0.15) is 17.7 Å². The van der Waals surface area contributed by atoms with Gasteiger partial charge in [0.05, 0.1) is 12.2 Å². The van der Waals surface area contributed by atoms with Crippen LogP contribution >= 0.6 is 11.6 Å². The van der Waals surface area contributed by atoms with Crippen LogP contribution in [0, 0.1) is 0 Å². The lowest BCUT2D eigenvalue weighted by Crippen LogP contribution is -2.00. The van der Waals surface area contributed by atoms with E-state index in [1.54, 1.807) is 4.68 Å². The predicted octanol–water partition coefficient (Wildman–Crippen LogP) is 1.90. The summed E-state index contributed by atoms with van der Waals surface area (Å²) >= 11 is 6.07. The first-order valence-electron chi connectivity index (χ1n) is 5.53. The van der Waals surface area contributed by atoms with Crippen molar-refractivity contribution in [1.82, 2.24) is 15.0 Å². The summed E-state index contributed by atoms with van der Waals surface area (Å²) in [5.41, 5.74) is 1.92. The number of aryl methyl sites for hydroxylation is 1. The summed E-state index contributed by atoms with van der Waals surface area (Å²) in [6.07, 6.45) is 3.35. The van der Waals surface area contributed by atoms with Gasteiger partial charge in [0.15, 0.2) is 0 Å². The molecule has 4 nitrogen and oxygen atoms in total. The smallest absolute Gasteiger partial charge is 0.0828 e. The number of rotatable bonds is 5. The molecule has 90 valence electrons. The largest absolute Gasteiger partial charge is 0.396 e. The van der Waals surface area contributed by atoms with Gasteiger partial charge in [-0.05, 0) is 24.5 Å². The standard InChI is InChI=1S/C12H14ClN3O/c13-12-6-2-1-4-10(12)8-16-9-11(14-15-16)5-3-7-17/h1-2,4,6,9,17H,3,5,7-8H2. The molecule has 2 aromatic rings. The van der Waals surface area contributed by atoms with Gasteiger partial charge in [-0.25, -0.2) is 4.68 Å². The second-order valence-corrected chi connectivity index (χ2v) is 4.23. The van der Waals surface area contributed by atoms with E-state index < -0.39 is 0 Å². The zero-order valence-corrected chi connectivity index (χ0v) is 10.1. The Labute approximate surface area is 105 Å². The third kappa shape index (κ3) is 3.28. The minimum Gasteiger partial charge on any atom is -0.396 e. The lowest BCUT2D eigenvalue weighted by atomic mass is 10.2. The quantitative estimate of drug-likeness (QED) is 0.883. The summed E-state index contributed by atoms with van der Waals surface area (Å²) in [6.45, 7) is 0.795. The number of aromatic nitrogens is 3. The van der Waals surface area contributed by atoms with Crippen molar-refractivity contribution in [1.29, 1.82) is 0 Å². The van der Waals surface area contributed by atoms with Crippen LogP contribution in [-0.2, 0) is 13.0 Å². The van der Waals surface area contributed by atoms with Crippen LogP contribution in [-0.4, -0.2) is 26.7 Å². The van der Waals surface area contributed by atoms with E-state index in [-0.39, 0.29) is 6.61 Å². The number of nitrogens with zero attached hydrogens (tertiary/aromatic N) is 3. The lowest BCUT2D eigenvalue weighted by Gasteiger charge is -2.02. The maximum absolute atomic E-state index is 8.73. The van der Waals surface area contributed by atoms with Crippen molar-refractivity contribution in [2.75, 3.05) is 6.61 Å². The molecule has 0 unspecified atom stereocenters. The van der Waals surface area contributed by atoms with E-state index >= 15 is 0 Å². The summed E-state index contributed by atoms with van der Waals surface area (Å²) in [5.74, 6) is 0. The van der Waals surface area contributed by atoms with Crippen LogP contribution in [0.4, 0.5) is 0 Å². The van der Waals surface area contributed by atoms with Crippen LogP contribution in [0.25, 0.3) is 0 Å². The van der Waals surface area contributed by atoms with E-state index in [2.05, 4.69) is 10.3 Å². The number of benzene rings is 1. The zero-order valence-electron chi connectivity index (χ0n) is 9.38. The van der Waals surface area contributed by atoms with Crippen molar-refractivity contribution < 1.29 is 5.11 Å². The van der Waals surface area contributed by atoms with E-state index in [1.807, 2.05) is 30.5 Å². The molecule has 0 saturated carbocycles. The first kappa shape index (κ1) is 12.1. The number of halogens is 1. The molecule has 2 rings (SSSR count). The average Bonchev–Trinajstić information content (AvgIpc) is 2.77. The first-order valence-corrected chi connectivity index (χ1v) is 5.90. The molecule has 0 aliphatic carbocycles.